The highest BCUT2D eigenvalue weighted by Gasteiger charge is 2.19. The van der Waals surface area contributed by atoms with Crippen LogP contribution >= 0.6 is 0 Å². The van der Waals surface area contributed by atoms with Gasteiger partial charge >= 0.3 is 17.9 Å². The van der Waals surface area contributed by atoms with Crippen molar-refractivity contribution in [3.05, 3.63) is 0 Å². The van der Waals surface area contributed by atoms with Crippen molar-refractivity contribution in [2.45, 2.75) is 317 Å². The molecule has 6 nitrogen and oxygen atoms in total. The molecule has 0 amide bonds. The SMILES string of the molecule is CCCCCCCCCCCCCCCCCC(=O)OC[C@@H](COC(=O)CCCCCCCCCCCCCCCCC(C)C)OC(=O)CCCCCCCCCCCC(C)C. The van der Waals surface area contributed by atoms with Crippen LogP contribution in [0.2, 0.25) is 0 Å². The molecule has 0 aromatic rings. The number of hydrogen-bond donors (Lipinski definition) is 0. The first-order chi connectivity index (χ1) is 30.2. The molecule has 0 aromatic heterocycles. The molecule has 0 aliphatic carbocycles. The average Bonchev–Trinajstić information content (AvgIpc) is 3.24. The number of unbranched alkanes of at least 4 members (excludes halogenated alkanes) is 35. The van der Waals surface area contributed by atoms with E-state index in [1.54, 1.807) is 0 Å². The molecule has 0 rings (SSSR count). The van der Waals surface area contributed by atoms with Gasteiger partial charge in [-0.05, 0) is 31.1 Å². The summed E-state index contributed by atoms with van der Waals surface area (Å²) in [4.78, 5) is 38.0. The summed E-state index contributed by atoms with van der Waals surface area (Å²) in [5.41, 5.74) is 0. The molecule has 1 atom stereocenters. The monoisotopic (exact) mass is 877 g/mol. The van der Waals surface area contributed by atoms with Gasteiger partial charge in [-0.3, -0.25) is 14.4 Å². The van der Waals surface area contributed by atoms with Gasteiger partial charge in [0.1, 0.15) is 13.2 Å². The van der Waals surface area contributed by atoms with Crippen molar-refractivity contribution in [2.75, 3.05) is 13.2 Å². The summed E-state index contributed by atoms with van der Waals surface area (Å²) in [5.74, 6) is 0.807. The summed E-state index contributed by atoms with van der Waals surface area (Å²) in [6.45, 7) is 11.4. The van der Waals surface area contributed by atoms with Gasteiger partial charge in [0.25, 0.3) is 0 Å². The maximum atomic E-state index is 12.8. The second kappa shape index (κ2) is 48.9. The first-order valence-electron chi connectivity index (χ1n) is 27.7. The van der Waals surface area contributed by atoms with Crippen LogP contribution in [0.15, 0.2) is 0 Å². The molecule has 0 aliphatic rings. The van der Waals surface area contributed by atoms with Gasteiger partial charge in [0.15, 0.2) is 6.10 Å². The lowest BCUT2D eigenvalue weighted by atomic mass is 10.0. The van der Waals surface area contributed by atoms with Gasteiger partial charge in [0.05, 0.1) is 0 Å². The third-order valence-corrected chi connectivity index (χ3v) is 12.7. The van der Waals surface area contributed by atoms with Gasteiger partial charge in [-0.1, -0.05) is 272 Å². The molecule has 0 N–H and O–H groups in total. The van der Waals surface area contributed by atoms with E-state index in [9.17, 15) is 14.4 Å². The zero-order valence-electron chi connectivity index (χ0n) is 42.5. The highest BCUT2D eigenvalue weighted by Crippen LogP contribution is 2.18. The molecule has 368 valence electrons. The van der Waals surface area contributed by atoms with Crippen LogP contribution in [-0.2, 0) is 28.6 Å². The summed E-state index contributed by atoms with van der Waals surface area (Å²) in [5, 5.41) is 0. The number of carbonyl (C=O) groups is 3. The molecule has 0 saturated carbocycles. The van der Waals surface area contributed by atoms with E-state index >= 15 is 0 Å². The Balaban J connectivity index is 4.28. The summed E-state index contributed by atoms with van der Waals surface area (Å²) in [7, 11) is 0. The first-order valence-corrected chi connectivity index (χ1v) is 27.7. The fourth-order valence-corrected chi connectivity index (χ4v) is 8.52. The summed E-state index contributed by atoms with van der Waals surface area (Å²) < 4.78 is 16.9. The second-order valence-electron chi connectivity index (χ2n) is 20.2. The van der Waals surface area contributed by atoms with E-state index in [4.69, 9.17) is 14.2 Å². The number of esters is 3. The molecule has 0 aromatic carbocycles. The molecular formula is C56H108O6. The molecule has 0 heterocycles. The van der Waals surface area contributed by atoms with Crippen molar-refractivity contribution in [2.24, 2.45) is 11.8 Å². The van der Waals surface area contributed by atoms with Crippen molar-refractivity contribution in [3.63, 3.8) is 0 Å². The fourth-order valence-electron chi connectivity index (χ4n) is 8.52. The molecule has 0 bridgehead atoms. The van der Waals surface area contributed by atoms with E-state index in [2.05, 4.69) is 34.6 Å². The topological polar surface area (TPSA) is 78.9 Å². The Labute approximate surface area is 387 Å². The van der Waals surface area contributed by atoms with Crippen LogP contribution < -0.4 is 0 Å². The van der Waals surface area contributed by atoms with Crippen LogP contribution in [0.4, 0.5) is 0 Å². The van der Waals surface area contributed by atoms with Gasteiger partial charge in [0, 0.05) is 19.3 Å². The highest BCUT2D eigenvalue weighted by molar-refractivity contribution is 5.71. The minimum absolute atomic E-state index is 0.0633. The molecular weight excluding hydrogens is 769 g/mol. The van der Waals surface area contributed by atoms with Gasteiger partial charge < -0.3 is 14.2 Å². The Bertz CT molecular complexity index is 947. The molecule has 0 fully saturated rings. The van der Waals surface area contributed by atoms with Gasteiger partial charge in [-0.25, -0.2) is 0 Å². The summed E-state index contributed by atoms with van der Waals surface area (Å²) in [6, 6.07) is 0. The maximum Gasteiger partial charge on any atom is 0.306 e. The van der Waals surface area contributed by atoms with Gasteiger partial charge in [0.2, 0.25) is 0 Å². The quantitative estimate of drug-likeness (QED) is 0.0344. The number of ether oxygens (including phenoxy) is 3. The molecule has 62 heavy (non-hydrogen) atoms. The van der Waals surface area contributed by atoms with E-state index < -0.39 is 6.10 Å². The Hall–Kier alpha value is -1.59. The number of hydrogen-bond acceptors (Lipinski definition) is 6. The zero-order chi connectivity index (χ0) is 45.4. The van der Waals surface area contributed by atoms with Crippen molar-refractivity contribution in [3.8, 4) is 0 Å². The van der Waals surface area contributed by atoms with Crippen LogP contribution in [0.5, 0.6) is 0 Å². The third-order valence-electron chi connectivity index (χ3n) is 12.7. The molecule has 0 spiro atoms. The van der Waals surface area contributed by atoms with Crippen LogP contribution in [0.1, 0.15) is 311 Å². The average molecular weight is 877 g/mol. The Morgan fingerprint density at radius 2 is 0.532 bits per heavy atom. The third kappa shape index (κ3) is 49.4. The van der Waals surface area contributed by atoms with E-state index in [0.29, 0.717) is 19.3 Å². The molecule has 6 heteroatoms. The van der Waals surface area contributed by atoms with Crippen LogP contribution in [0, 0.1) is 11.8 Å². The minimum atomic E-state index is -0.762. The van der Waals surface area contributed by atoms with Crippen molar-refractivity contribution >= 4 is 17.9 Å². The van der Waals surface area contributed by atoms with Gasteiger partial charge in [-0.15, -0.1) is 0 Å². The molecule has 0 unspecified atom stereocenters. The van der Waals surface area contributed by atoms with Gasteiger partial charge in [-0.2, -0.15) is 0 Å². The highest BCUT2D eigenvalue weighted by atomic mass is 16.6. The van der Waals surface area contributed by atoms with E-state index in [0.717, 1.165) is 69.6 Å². The maximum absolute atomic E-state index is 12.8. The summed E-state index contributed by atoms with van der Waals surface area (Å²) >= 11 is 0. The van der Waals surface area contributed by atoms with E-state index in [-0.39, 0.29) is 31.1 Å². The molecule has 0 aliphatic heterocycles. The number of rotatable bonds is 50. The minimum Gasteiger partial charge on any atom is -0.462 e. The lowest BCUT2D eigenvalue weighted by molar-refractivity contribution is -0.167. The number of carbonyl (C=O) groups excluding carboxylic acids is 3. The lowest BCUT2D eigenvalue weighted by Gasteiger charge is -2.18. The van der Waals surface area contributed by atoms with Crippen LogP contribution in [0.25, 0.3) is 0 Å². The molecule has 0 saturated heterocycles. The first kappa shape index (κ1) is 60.4. The van der Waals surface area contributed by atoms with Crippen LogP contribution in [-0.4, -0.2) is 37.2 Å². The molecule has 0 radical (unpaired) electrons. The standard InChI is InChI=1S/C56H108O6/c1-6-7-8-9-10-11-12-13-14-18-21-26-31-36-41-46-54(57)60-49-53(62-56(59)48-43-38-33-28-23-25-30-35-40-45-52(4)5)50-61-55(58)47-42-37-32-27-22-19-16-15-17-20-24-29-34-39-44-51(2)3/h51-53H,6-50H2,1-5H3/t53-/m0/s1. The predicted octanol–water partition coefficient (Wildman–Crippen LogP) is 18.1. The van der Waals surface area contributed by atoms with E-state index in [1.807, 2.05) is 0 Å². The second-order valence-corrected chi connectivity index (χ2v) is 20.2. The predicted molar refractivity (Wildman–Crippen MR) is 266 cm³/mol. The zero-order valence-corrected chi connectivity index (χ0v) is 42.5. The van der Waals surface area contributed by atoms with Crippen molar-refractivity contribution < 1.29 is 28.6 Å². The Morgan fingerprint density at radius 1 is 0.306 bits per heavy atom. The van der Waals surface area contributed by atoms with Crippen molar-refractivity contribution in [1.82, 2.24) is 0 Å². The normalized spacial score (nSPS) is 12.0. The van der Waals surface area contributed by atoms with Crippen LogP contribution in [0.3, 0.4) is 0 Å². The Morgan fingerprint density at radius 3 is 0.790 bits per heavy atom. The smallest absolute Gasteiger partial charge is 0.306 e. The lowest BCUT2D eigenvalue weighted by Crippen LogP contribution is -2.30. The summed E-state index contributed by atoms with van der Waals surface area (Å²) in [6.07, 6.45) is 50.9. The fraction of sp³-hybridized carbons (Fsp3) is 0.946. The Kier molecular flexibility index (Phi) is 47.6. The van der Waals surface area contributed by atoms with Crippen molar-refractivity contribution in [1.29, 1.82) is 0 Å². The van der Waals surface area contributed by atoms with E-state index in [1.165, 1.54) is 199 Å². The largest absolute Gasteiger partial charge is 0.462 e.